The van der Waals surface area contributed by atoms with Gasteiger partial charge in [0.1, 0.15) is 0 Å². The lowest BCUT2D eigenvalue weighted by molar-refractivity contribution is 0.0951. The third-order valence-electron chi connectivity index (χ3n) is 3.69. The maximum Gasteiger partial charge on any atom is 0.251 e. The molecule has 0 atom stereocenters. The monoisotopic (exact) mass is 353 g/mol. The largest absolute Gasteiger partial charge is 0.480 e. The van der Waals surface area contributed by atoms with Crippen LogP contribution in [0.2, 0.25) is 5.02 Å². The average molecular weight is 354 g/mol. The number of hydrogen-bond acceptors (Lipinski definition) is 4. The number of rotatable bonds is 5. The van der Waals surface area contributed by atoms with E-state index in [9.17, 15) is 4.79 Å². The Morgan fingerprint density at radius 1 is 1.04 bits per heavy atom. The number of carbonyl (C=O) groups excluding carboxylic acids is 1. The molecule has 126 valence electrons. The summed E-state index contributed by atoms with van der Waals surface area (Å²) in [6.45, 7) is 0.379. The van der Waals surface area contributed by atoms with Gasteiger partial charge in [-0.2, -0.15) is 0 Å². The van der Waals surface area contributed by atoms with Gasteiger partial charge in [-0.05, 0) is 29.8 Å². The lowest BCUT2D eigenvalue weighted by atomic mass is 10.1. The van der Waals surface area contributed by atoms with Gasteiger partial charge < -0.3 is 10.1 Å². The predicted molar refractivity (Wildman–Crippen MR) is 96.6 cm³/mol. The van der Waals surface area contributed by atoms with E-state index in [0.717, 1.165) is 11.1 Å². The van der Waals surface area contributed by atoms with Crippen molar-refractivity contribution in [2.45, 2.75) is 6.54 Å². The van der Waals surface area contributed by atoms with Crippen molar-refractivity contribution in [1.82, 2.24) is 15.5 Å². The lowest BCUT2D eigenvalue weighted by Crippen LogP contribution is -2.22. The van der Waals surface area contributed by atoms with Crippen LogP contribution in [0.1, 0.15) is 15.9 Å². The van der Waals surface area contributed by atoms with Crippen molar-refractivity contribution in [3.05, 3.63) is 76.8 Å². The fourth-order valence-electron chi connectivity index (χ4n) is 2.29. The van der Waals surface area contributed by atoms with Gasteiger partial charge in [0.2, 0.25) is 5.88 Å². The first-order valence-electron chi connectivity index (χ1n) is 7.67. The molecule has 0 radical (unpaired) electrons. The van der Waals surface area contributed by atoms with Crippen LogP contribution < -0.4 is 10.1 Å². The SMILES string of the molecule is COc1ccc(-c2ccc(C(=O)NCc3ccccc3Cl)cc2)nn1. The molecule has 3 aromatic rings. The molecule has 0 fully saturated rings. The summed E-state index contributed by atoms with van der Waals surface area (Å²) in [5.41, 5.74) is 3.03. The first-order valence-corrected chi connectivity index (χ1v) is 8.05. The molecule has 0 saturated carbocycles. The van der Waals surface area contributed by atoms with Gasteiger partial charge in [-0.3, -0.25) is 4.79 Å². The molecular formula is C19H16ClN3O2. The van der Waals surface area contributed by atoms with Gasteiger partial charge in [-0.15, -0.1) is 10.2 Å². The van der Waals surface area contributed by atoms with Gasteiger partial charge >= 0.3 is 0 Å². The number of methoxy groups -OCH3 is 1. The molecule has 0 saturated heterocycles. The van der Waals surface area contributed by atoms with Crippen LogP contribution in [0, 0.1) is 0 Å². The first-order chi connectivity index (χ1) is 12.2. The van der Waals surface area contributed by atoms with E-state index in [4.69, 9.17) is 16.3 Å². The smallest absolute Gasteiger partial charge is 0.251 e. The van der Waals surface area contributed by atoms with E-state index in [0.29, 0.717) is 28.7 Å². The number of halogens is 1. The van der Waals surface area contributed by atoms with Crippen molar-refractivity contribution in [3.8, 4) is 17.1 Å². The molecule has 0 aliphatic rings. The van der Waals surface area contributed by atoms with Crippen molar-refractivity contribution in [2.75, 3.05) is 7.11 Å². The zero-order valence-electron chi connectivity index (χ0n) is 13.6. The third-order valence-corrected chi connectivity index (χ3v) is 4.06. The van der Waals surface area contributed by atoms with E-state index < -0.39 is 0 Å². The molecule has 2 aromatic carbocycles. The van der Waals surface area contributed by atoms with E-state index in [2.05, 4.69) is 15.5 Å². The summed E-state index contributed by atoms with van der Waals surface area (Å²) in [6, 6.07) is 18.2. The van der Waals surface area contributed by atoms with Crippen LogP contribution in [0.3, 0.4) is 0 Å². The van der Waals surface area contributed by atoms with Crippen LogP contribution in [0.15, 0.2) is 60.7 Å². The van der Waals surface area contributed by atoms with Gasteiger partial charge in [0.25, 0.3) is 5.91 Å². The van der Waals surface area contributed by atoms with Gasteiger partial charge in [-0.1, -0.05) is 41.9 Å². The molecule has 5 nitrogen and oxygen atoms in total. The molecular weight excluding hydrogens is 338 g/mol. The summed E-state index contributed by atoms with van der Waals surface area (Å²) >= 11 is 6.09. The Morgan fingerprint density at radius 3 is 2.44 bits per heavy atom. The van der Waals surface area contributed by atoms with Crippen molar-refractivity contribution in [2.24, 2.45) is 0 Å². The number of nitrogens with one attached hydrogen (secondary N) is 1. The summed E-state index contributed by atoms with van der Waals surface area (Å²) in [7, 11) is 1.54. The average Bonchev–Trinajstić information content (AvgIpc) is 2.67. The van der Waals surface area contributed by atoms with Crippen molar-refractivity contribution >= 4 is 17.5 Å². The van der Waals surface area contributed by atoms with Gasteiger partial charge in [0, 0.05) is 28.8 Å². The Kier molecular flexibility index (Phi) is 5.26. The molecule has 1 amide bonds. The highest BCUT2D eigenvalue weighted by atomic mass is 35.5. The van der Waals surface area contributed by atoms with Crippen LogP contribution in [-0.2, 0) is 6.54 Å². The van der Waals surface area contributed by atoms with Crippen molar-refractivity contribution in [1.29, 1.82) is 0 Å². The second-order valence-corrected chi connectivity index (χ2v) is 5.72. The number of nitrogens with zero attached hydrogens (tertiary/aromatic N) is 2. The maximum absolute atomic E-state index is 12.3. The third kappa shape index (κ3) is 4.14. The van der Waals surface area contributed by atoms with E-state index in [1.54, 1.807) is 31.4 Å². The molecule has 0 unspecified atom stereocenters. The minimum absolute atomic E-state index is 0.160. The highest BCUT2D eigenvalue weighted by molar-refractivity contribution is 6.31. The number of ether oxygens (including phenoxy) is 1. The molecule has 6 heteroatoms. The highest BCUT2D eigenvalue weighted by Crippen LogP contribution is 2.19. The molecule has 3 rings (SSSR count). The van der Waals surface area contributed by atoms with Crippen molar-refractivity contribution < 1.29 is 9.53 Å². The van der Waals surface area contributed by atoms with Crippen molar-refractivity contribution in [3.63, 3.8) is 0 Å². The fraction of sp³-hybridized carbons (Fsp3) is 0.105. The number of carbonyl (C=O) groups is 1. The Labute approximate surface area is 150 Å². The summed E-state index contributed by atoms with van der Waals surface area (Å²) in [6.07, 6.45) is 0. The minimum Gasteiger partial charge on any atom is -0.480 e. The molecule has 1 N–H and O–H groups in total. The Bertz CT molecular complexity index is 865. The van der Waals surface area contributed by atoms with E-state index >= 15 is 0 Å². The summed E-state index contributed by atoms with van der Waals surface area (Å²) in [4.78, 5) is 12.3. The number of aromatic nitrogens is 2. The first kappa shape index (κ1) is 16.9. The zero-order chi connectivity index (χ0) is 17.6. The van der Waals surface area contributed by atoms with Crippen LogP contribution in [-0.4, -0.2) is 23.2 Å². The molecule has 0 spiro atoms. The Balaban J connectivity index is 1.67. The molecule has 0 aliphatic carbocycles. The molecule has 1 heterocycles. The molecule has 0 bridgehead atoms. The standard InChI is InChI=1S/C19H16ClN3O2/c1-25-18-11-10-17(22-23-18)13-6-8-14(9-7-13)19(24)21-12-15-4-2-3-5-16(15)20/h2-11H,12H2,1H3,(H,21,24). The second kappa shape index (κ2) is 7.77. The summed E-state index contributed by atoms with van der Waals surface area (Å²) < 4.78 is 4.99. The van der Waals surface area contributed by atoms with Crippen LogP contribution in [0.5, 0.6) is 5.88 Å². The second-order valence-electron chi connectivity index (χ2n) is 5.31. The molecule has 25 heavy (non-hydrogen) atoms. The number of benzene rings is 2. The Hall–Kier alpha value is -2.92. The summed E-state index contributed by atoms with van der Waals surface area (Å²) in [5, 5.41) is 11.5. The Morgan fingerprint density at radius 2 is 1.80 bits per heavy atom. The normalized spacial score (nSPS) is 10.3. The summed E-state index contributed by atoms with van der Waals surface area (Å²) in [5.74, 6) is 0.298. The van der Waals surface area contributed by atoms with Crippen LogP contribution >= 0.6 is 11.6 Å². The van der Waals surface area contributed by atoms with E-state index in [1.165, 1.54) is 0 Å². The van der Waals surface area contributed by atoms with Gasteiger partial charge in [-0.25, -0.2) is 0 Å². The van der Waals surface area contributed by atoms with E-state index in [1.807, 2.05) is 36.4 Å². The van der Waals surface area contributed by atoms with Crippen LogP contribution in [0.4, 0.5) is 0 Å². The minimum atomic E-state index is -0.160. The maximum atomic E-state index is 12.3. The number of hydrogen-bond donors (Lipinski definition) is 1. The number of amides is 1. The molecule has 0 aliphatic heterocycles. The zero-order valence-corrected chi connectivity index (χ0v) is 14.3. The van der Waals surface area contributed by atoms with Gasteiger partial charge in [0.05, 0.1) is 12.8 Å². The topological polar surface area (TPSA) is 64.1 Å². The fourth-order valence-corrected chi connectivity index (χ4v) is 2.50. The van der Waals surface area contributed by atoms with Gasteiger partial charge in [0.15, 0.2) is 0 Å². The quantitative estimate of drug-likeness (QED) is 0.759. The van der Waals surface area contributed by atoms with Crippen LogP contribution in [0.25, 0.3) is 11.3 Å². The lowest BCUT2D eigenvalue weighted by Gasteiger charge is -2.08. The predicted octanol–water partition coefficient (Wildman–Crippen LogP) is 3.74. The highest BCUT2D eigenvalue weighted by Gasteiger charge is 2.08. The molecule has 1 aromatic heterocycles. The van der Waals surface area contributed by atoms with E-state index in [-0.39, 0.29) is 5.91 Å².